The third-order valence-electron chi connectivity index (χ3n) is 7.96. The van der Waals surface area contributed by atoms with Crippen molar-refractivity contribution in [1.82, 2.24) is 0 Å². The smallest absolute Gasteiger partial charge is 0.0811 e. The molecule has 6 atom stereocenters. The maximum Gasteiger partial charge on any atom is 0.0811 e. The van der Waals surface area contributed by atoms with Crippen molar-refractivity contribution >= 4 is 0 Å². The Labute approximate surface area is 182 Å². The number of ether oxygens (including phenoxy) is 1. The van der Waals surface area contributed by atoms with E-state index in [1.807, 2.05) is 13.8 Å². The van der Waals surface area contributed by atoms with E-state index in [1.165, 1.54) is 31.3 Å². The van der Waals surface area contributed by atoms with Gasteiger partial charge in [0.05, 0.1) is 23.9 Å². The minimum atomic E-state index is -0.680. The third-order valence-corrected chi connectivity index (χ3v) is 7.96. The van der Waals surface area contributed by atoms with Crippen LogP contribution >= 0.6 is 0 Å². The molecule has 3 aliphatic carbocycles. The predicted octanol–water partition coefficient (Wildman–Crippen LogP) is 4.69. The average molecular weight is 419 g/mol. The maximum atomic E-state index is 10.1. The Morgan fingerprint density at radius 1 is 1.27 bits per heavy atom. The lowest BCUT2D eigenvalue weighted by Crippen LogP contribution is -2.39. The second kappa shape index (κ2) is 9.28. The molecule has 30 heavy (non-hydrogen) atoms. The average Bonchev–Trinajstić information content (AvgIpc) is 3.00. The topological polar surface area (TPSA) is 69.9 Å². The van der Waals surface area contributed by atoms with E-state index in [4.69, 9.17) is 4.74 Å². The highest BCUT2D eigenvalue weighted by molar-refractivity contribution is 5.38. The van der Waals surface area contributed by atoms with Crippen molar-refractivity contribution in [2.45, 2.75) is 103 Å². The van der Waals surface area contributed by atoms with E-state index < -0.39 is 17.8 Å². The van der Waals surface area contributed by atoms with Crippen LogP contribution in [0.2, 0.25) is 0 Å². The van der Waals surface area contributed by atoms with Crippen molar-refractivity contribution in [3.63, 3.8) is 0 Å². The summed E-state index contributed by atoms with van der Waals surface area (Å²) < 4.78 is 6.19. The summed E-state index contributed by atoms with van der Waals surface area (Å²) in [6.45, 7) is 13.0. The highest BCUT2D eigenvalue weighted by atomic mass is 16.5. The zero-order valence-corrected chi connectivity index (χ0v) is 19.4. The van der Waals surface area contributed by atoms with Crippen molar-refractivity contribution in [3.05, 3.63) is 35.5 Å². The van der Waals surface area contributed by atoms with Crippen molar-refractivity contribution in [2.24, 2.45) is 17.3 Å². The first kappa shape index (κ1) is 23.7. The molecule has 0 aromatic carbocycles. The summed E-state index contributed by atoms with van der Waals surface area (Å²) in [5.74, 6) is 1.11. The van der Waals surface area contributed by atoms with Gasteiger partial charge < -0.3 is 20.1 Å². The Hall–Kier alpha value is -0.940. The zero-order chi connectivity index (χ0) is 22.1. The number of allylic oxidation sites excluding steroid dienone is 3. The first-order valence-corrected chi connectivity index (χ1v) is 11.8. The lowest BCUT2D eigenvalue weighted by Gasteiger charge is -2.44. The molecule has 0 saturated heterocycles. The number of fused-ring (bicyclic) bond motifs is 1. The van der Waals surface area contributed by atoms with E-state index >= 15 is 0 Å². The van der Waals surface area contributed by atoms with Crippen LogP contribution in [0.25, 0.3) is 0 Å². The van der Waals surface area contributed by atoms with Gasteiger partial charge in [-0.2, -0.15) is 0 Å². The first-order chi connectivity index (χ1) is 14.0. The second-order valence-electron chi connectivity index (χ2n) is 10.8. The molecule has 3 fully saturated rings. The van der Waals surface area contributed by atoms with E-state index in [1.54, 1.807) is 0 Å². The Kier molecular flexibility index (Phi) is 7.33. The fourth-order valence-electron chi connectivity index (χ4n) is 6.13. The highest BCUT2D eigenvalue weighted by Gasteiger charge is 2.51. The molecule has 4 heteroatoms. The largest absolute Gasteiger partial charge is 0.393 e. The molecular weight excluding hydrogens is 376 g/mol. The third kappa shape index (κ3) is 5.27. The standard InChI is InChI=1S/C26H42O4/c1-17-20(15-21(27)16-24(17)28)9-8-19-7-6-12-26(5)22(10-11-23(19)26)18(2)30-14-13-25(3,4)29/h8-9,18,21-24,27-29H,1,6-7,10-16H2,2-5H3/b19-8+,20-9-/t18-,21-,22?,23?,24?,26?/m0/s1. The maximum absolute atomic E-state index is 10.1. The normalized spacial score (nSPS) is 38.8. The quantitative estimate of drug-likeness (QED) is 0.585. The molecule has 0 bridgehead atoms. The number of hydrogen-bond donors (Lipinski definition) is 3. The molecular formula is C26H42O4. The molecule has 0 aliphatic heterocycles. The van der Waals surface area contributed by atoms with Crippen LogP contribution in [-0.4, -0.2) is 45.8 Å². The monoisotopic (exact) mass is 418 g/mol. The number of hydrogen-bond acceptors (Lipinski definition) is 4. The van der Waals surface area contributed by atoms with Gasteiger partial charge >= 0.3 is 0 Å². The van der Waals surface area contributed by atoms with Gasteiger partial charge in [-0.1, -0.05) is 31.2 Å². The lowest BCUT2D eigenvalue weighted by atomic mass is 9.62. The van der Waals surface area contributed by atoms with E-state index in [0.29, 0.717) is 37.7 Å². The van der Waals surface area contributed by atoms with E-state index in [2.05, 4.69) is 32.6 Å². The summed E-state index contributed by atoms with van der Waals surface area (Å²) in [4.78, 5) is 0. The van der Waals surface area contributed by atoms with Crippen LogP contribution in [-0.2, 0) is 4.74 Å². The fourth-order valence-corrected chi connectivity index (χ4v) is 6.13. The van der Waals surface area contributed by atoms with Crippen molar-refractivity contribution < 1.29 is 20.1 Å². The van der Waals surface area contributed by atoms with Crippen LogP contribution < -0.4 is 0 Å². The van der Waals surface area contributed by atoms with Gasteiger partial charge in [-0.3, -0.25) is 0 Å². The Bertz CT molecular complexity index is 686. The van der Waals surface area contributed by atoms with Crippen molar-refractivity contribution in [2.75, 3.05) is 6.61 Å². The number of aliphatic hydroxyl groups excluding tert-OH is 2. The molecule has 0 heterocycles. The van der Waals surface area contributed by atoms with Gasteiger partial charge in [0.25, 0.3) is 0 Å². The summed E-state index contributed by atoms with van der Waals surface area (Å²) in [7, 11) is 0. The second-order valence-corrected chi connectivity index (χ2v) is 10.8. The Morgan fingerprint density at radius 2 is 2.00 bits per heavy atom. The van der Waals surface area contributed by atoms with Gasteiger partial charge in [-0.25, -0.2) is 0 Å². The summed E-state index contributed by atoms with van der Waals surface area (Å²) in [5, 5.41) is 30.1. The zero-order valence-electron chi connectivity index (χ0n) is 19.4. The SMILES string of the molecule is C=C1/C(=C\C=C2/CCCC3(C)C2CCC3[C@H](C)OCCC(C)(C)O)C[C@H](O)CC1O. The molecule has 4 unspecified atom stereocenters. The molecule has 3 aliphatic rings. The Morgan fingerprint density at radius 3 is 2.70 bits per heavy atom. The van der Waals surface area contributed by atoms with Gasteiger partial charge in [0.2, 0.25) is 0 Å². The van der Waals surface area contributed by atoms with Gasteiger partial charge in [0, 0.05) is 13.0 Å². The molecule has 3 N–H and O–H groups in total. The minimum Gasteiger partial charge on any atom is -0.393 e. The van der Waals surface area contributed by atoms with Crippen LogP contribution in [0, 0.1) is 17.3 Å². The molecule has 0 radical (unpaired) electrons. The minimum absolute atomic E-state index is 0.198. The van der Waals surface area contributed by atoms with Gasteiger partial charge in [0.15, 0.2) is 0 Å². The molecule has 170 valence electrons. The fraction of sp³-hybridized carbons (Fsp3) is 0.769. The summed E-state index contributed by atoms with van der Waals surface area (Å²) >= 11 is 0. The van der Waals surface area contributed by atoms with Crippen LogP contribution in [0.4, 0.5) is 0 Å². The molecule has 0 amide bonds. The van der Waals surface area contributed by atoms with E-state index in [0.717, 1.165) is 17.6 Å². The summed E-state index contributed by atoms with van der Waals surface area (Å²) in [6.07, 6.45) is 11.0. The van der Waals surface area contributed by atoms with Gasteiger partial charge in [0.1, 0.15) is 0 Å². The Balaban J connectivity index is 1.70. The molecule has 0 aromatic heterocycles. The van der Waals surface area contributed by atoms with E-state index in [-0.39, 0.29) is 11.5 Å². The van der Waals surface area contributed by atoms with Crippen molar-refractivity contribution in [1.29, 1.82) is 0 Å². The summed E-state index contributed by atoms with van der Waals surface area (Å²) in [6, 6.07) is 0. The van der Waals surface area contributed by atoms with Crippen molar-refractivity contribution in [3.8, 4) is 0 Å². The van der Waals surface area contributed by atoms with Crippen LogP contribution in [0.3, 0.4) is 0 Å². The van der Waals surface area contributed by atoms with Crippen LogP contribution in [0.5, 0.6) is 0 Å². The number of rotatable bonds is 6. The van der Waals surface area contributed by atoms with Gasteiger partial charge in [-0.05, 0) is 94.1 Å². The number of aliphatic hydroxyl groups is 3. The van der Waals surface area contributed by atoms with Gasteiger partial charge in [-0.15, -0.1) is 0 Å². The first-order valence-electron chi connectivity index (χ1n) is 11.8. The van der Waals surface area contributed by atoms with E-state index in [9.17, 15) is 15.3 Å². The predicted molar refractivity (Wildman–Crippen MR) is 121 cm³/mol. The van der Waals surface area contributed by atoms with Crippen LogP contribution in [0.15, 0.2) is 35.5 Å². The molecule has 0 aromatic rings. The highest BCUT2D eigenvalue weighted by Crippen LogP contribution is 2.58. The molecule has 3 saturated carbocycles. The lowest BCUT2D eigenvalue weighted by molar-refractivity contribution is -0.0454. The molecule has 4 nitrogen and oxygen atoms in total. The molecule has 3 rings (SSSR count). The van der Waals surface area contributed by atoms with Crippen LogP contribution in [0.1, 0.15) is 79.1 Å². The molecule has 0 spiro atoms. The summed E-state index contributed by atoms with van der Waals surface area (Å²) in [5.41, 5.74) is 2.82.